The van der Waals surface area contributed by atoms with Crippen LogP contribution in [0.5, 0.6) is 5.75 Å². The zero-order valence-corrected chi connectivity index (χ0v) is 15.5. The van der Waals surface area contributed by atoms with Crippen molar-refractivity contribution in [3.05, 3.63) is 57.5 Å². The van der Waals surface area contributed by atoms with E-state index in [0.29, 0.717) is 15.2 Å². The van der Waals surface area contributed by atoms with Gasteiger partial charge in [-0.1, -0.05) is 23.7 Å². The number of amides is 1. The molecule has 2 rings (SSSR count). The summed E-state index contributed by atoms with van der Waals surface area (Å²) in [6.07, 6.45) is 0. The zero-order valence-electron chi connectivity index (χ0n) is 12.3. The second-order valence-electron chi connectivity index (χ2n) is 4.83. The lowest BCUT2D eigenvalue weighted by atomic mass is 10.2. The number of nitrogens with two attached hydrogens (primary N) is 1. The molecule has 0 saturated carbocycles. The van der Waals surface area contributed by atoms with Crippen molar-refractivity contribution >= 4 is 43.5 Å². The molecule has 1 amide bonds. The summed E-state index contributed by atoms with van der Waals surface area (Å²) in [5.41, 5.74) is 0.739. The van der Waals surface area contributed by atoms with Gasteiger partial charge in [-0.15, -0.1) is 0 Å². The minimum atomic E-state index is -3.72. The van der Waals surface area contributed by atoms with E-state index in [4.69, 9.17) is 21.5 Å². The van der Waals surface area contributed by atoms with Gasteiger partial charge in [0.15, 0.2) is 6.61 Å². The van der Waals surface area contributed by atoms with Gasteiger partial charge in [-0.2, -0.15) is 0 Å². The van der Waals surface area contributed by atoms with E-state index in [0.717, 1.165) is 5.56 Å². The van der Waals surface area contributed by atoms with Crippen LogP contribution in [0.15, 0.2) is 51.8 Å². The minimum Gasteiger partial charge on any atom is -0.483 e. The van der Waals surface area contributed by atoms with Crippen LogP contribution in [-0.4, -0.2) is 20.9 Å². The third-order valence-electron chi connectivity index (χ3n) is 2.99. The molecule has 0 radical (unpaired) electrons. The Morgan fingerprint density at radius 2 is 1.88 bits per heavy atom. The summed E-state index contributed by atoms with van der Waals surface area (Å²) >= 11 is 9.12. The quantitative estimate of drug-likeness (QED) is 0.731. The molecule has 128 valence electrons. The van der Waals surface area contributed by atoms with E-state index in [1.807, 2.05) is 0 Å². The molecule has 0 aliphatic carbocycles. The van der Waals surface area contributed by atoms with Crippen LogP contribution in [0.1, 0.15) is 5.56 Å². The second-order valence-corrected chi connectivity index (χ2v) is 7.68. The lowest BCUT2D eigenvalue weighted by molar-refractivity contribution is -0.123. The minimum absolute atomic E-state index is 0.0218. The lowest BCUT2D eigenvalue weighted by Crippen LogP contribution is -2.28. The Morgan fingerprint density at radius 1 is 1.21 bits per heavy atom. The molecule has 0 fully saturated rings. The van der Waals surface area contributed by atoms with Crippen LogP contribution in [0.2, 0.25) is 5.02 Å². The van der Waals surface area contributed by atoms with Gasteiger partial charge in [0.1, 0.15) is 5.75 Å². The number of ether oxygens (including phenoxy) is 1. The van der Waals surface area contributed by atoms with E-state index in [1.54, 1.807) is 30.3 Å². The number of hydrogen-bond donors (Lipinski definition) is 2. The maximum Gasteiger partial charge on any atom is 0.258 e. The van der Waals surface area contributed by atoms with Crippen LogP contribution in [-0.2, 0) is 21.4 Å². The molecule has 2 aromatic carbocycles. The van der Waals surface area contributed by atoms with Crippen LogP contribution in [0.25, 0.3) is 0 Å². The molecule has 0 spiro atoms. The SMILES string of the molecule is NS(=O)(=O)c1ccc(CNC(=O)COc2ccc(Cl)cc2Br)cc1. The van der Waals surface area contributed by atoms with Gasteiger partial charge < -0.3 is 10.1 Å². The molecule has 0 aromatic heterocycles. The number of hydrogen-bond acceptors (Lipinski definition) is 4. The van der Waals surface area contributed by atoms with E-state index in [-0.39, 0.29) is 24.0 Å². The fourth-order valence-electron chi connectivity index (χ4n) is 1.78. The third kappa shape index (κ3) is 5.48. The van der Waals surface area contributed by atoms with E-state index in [2.05, 4.69) is 21.2 Å². The molecular weight excluding hydrogens is 420 g/mol. The van der Waals surface area contributed by atoms with Gasteiger partial charge in [0.2, 0.25) is 10.0 Å². The molecule has 0 heterocycles. The number of carbonyl (C=O) groups excluding carboxylic acids is 1. The first-order chi connectivity index (χ1) is 11.3. The van der Waals surface area contributed by atoms with Gasteiger partial charge in [0, 0.05) is 11.6 Å². The highest BCUT2D eigenvalue weighted by atomic mass is 79.9. The molecule has 6 nitrogen and oxygen atoms in total. The van der Waals surface area contributed by atoms with Crippen molar-refractivity contribution in [1.29, 1.82) is 0 Å². The number of primary sulfonamides is 1. The highest BCUT2D eigenvalue weighted by Gasteiger charge is 2.08. The Hall–Kier alpha value is -1.61. The van der Waals surface area contributed by atoms with Crippen molar-refractivity contribution in [3.63, 3.8) is 0 Å². The first-order valence-corrected chi connectivity index (χ1v) is 9.44. The van der Waals surface area contributed by atoms with Crippen molar-refractivity contribution in [2.24, 2.45) is 5.14 Å². The van der Waals surface area contributed by atoms with Gasteiger partial charge in [-0.3, -0.25) is 4.79 Å². The van der Waals surface area contributed by atoms with E-state index < -0.39 is 10.0 Å². The predicted octanol–water partition coefficient (Wildman–Crippen LogP) is 2.45. The molecule has 0 atom stereocenters. The van der Waals surface area contributed by atoms with Crippen LogP contribution in [0.4, 0.5) is 0 Å². The van der Waals surface area contributed by atoms with Crippen molar-refractivity contribution < 1.29 is 17.9 Å². The summed E-state index contributed by atoms with van der Waals surface area (Å²) in [6.45, 7) is 0.0877. The van der Waals surface area contributed by atoms with E-state index in [1.165, 1.54) is 12.1 Å². The standard InChI is InChI=1S/C15H14BrClN2O4S/c16-13-7-11(17)3-6-14(13)23-9-15(20)19-8-10-1-4-12(5-2-10)24(18,21)22/h1-7H,8-9H2,(H,19,20)(H2,18,21,22). The number of carbonyl (C=O) groups is 1. The Labute approximate surface area is 153 Å². The Balaban J connectivity index is 1.85. The number of benzene rings is 2. The molecule has 0 saturated heterocycles. The van der Waals surface area contributed by atoms with Crippen LogP contribution in [0.3, 0.4) is 0 Å². The van der Waals surface area contributed by atoms with Gasteiger partial charge in [-0.05, 0) is 51.8 Å². The molecular formula is C15H14BrClN2O4S. The maximum atomic E-state index is 11.8. The predicted molar refractivity (Wildman–Crippen MR) is 94.3 cm³/mol. The lowest BCUT2D eigenvalue weighted by Gasteiger charge is -2.09. The van der Waals surface area contributed by atoms with Crippen molar-refractivity contribution in [2.45, 2.75) is 11.4 Å². The summed E-state index contributed by atoms with van der Waals surface area (Å²) < 4.78 is 28.4. The van der Waals surface area contributed by atoms with Gasteiger partial charge in [-0.25, -0.2) is 13.6 Å². The first kappa shape index (κ1) is 18.7. The average molecular weight is 434 g/mol. The van der Waals surface area contributed by atoms with Crippen LogP contribution in [0, 0.1) is 0 Å². The largest absolute Gasteiger partial charge is 0.483 e. The molecule has 0 bridgehead atoms. The summed E-state index contributed by atoms with van der Waals surface area (Å²) in [6, 6.07) is 10.9. The van der Waals surface area contributed by atoms with Gasteiger partial charge in [0.25, 0.3) is 5.91 Å². The summed E-state index contributed by atoms with van der Waals surface area (Å²) in [4.78, 5) is 11.8. The normalized spacial score (nSPS) is 11.1. The van der Waals surface area contributed by atoms with Crippen molar-refractivity contribution in [1.82, 2.24) is 5.32 Å². The fraction of sp³-hybridized carbons (Fsp3) is 0.133. The highest BCUT2D eigenvalue weighted by Crippen LogP contribution is 2.27. The molecule has 0 aliphatic heterocycles. The highest BCUT2D eigenvalue weighted by molar-refractivity contribution is 9.10. The Kier molecular flexibility index (Phi) is 6.22. The molecule has 3 N–H and O–H groups in total. The first-order valence-electron chi connectivity index (χ1n) is 6.72. The molecule has 0 aliphatic rings. The van der Waals surface area contributed by atoms with E-state index >= 15 is 0 Å². The maximum absolute atomic E-state index is 11.8. The summed E-state index contributed by atoms with van der Waals surface area (Å²) in [5.74, 6) is 0.194. The zero-order chi connectivity index (χ0) is 17.7. The topological polar surface area (TPSA) is 98.5 Å². The van der Waals surface area contributed by atoms with Crippen LogP contribution < -0.4 is 15.2 Å². The van der Waals surface area contributed by atoms with Crippen LogP contribution >= 0.6 is 27.5 Å². The van der Waals surface area contributed by atoms with Crippen molar-refractivity contribution in [3.8, 4) is 5.75 Å². The summed E-state index contributed by atoms with van der Waals surface area (Å²) in [5, 5.41) is 8.25. The molecule has 0 unspecified atom stereocenters. The monoisotopic (exact) mass is 432 g/mol. The Morgan fingerprint density at radius 3 is 2.46 bits per heavy atom. The number of nitrogens with one attached hydrogen (secondary N) is 1. The molecule has 2 aromatic rings. The number of rotatable bonds is 6. The van der Waals surface area contributed by atoms with E-state index in [9.17, 15) is 13.2 Å². The molecule has 24 heavy (non-hydrogen) atoms. The smallest absolute Gasteiger partial charge is 0.258 e. The van der Waals surface area contributed by atoms with Crippen molar-refractivity contribution in [2.75, 3.05) is 6.61 Å². The second kappa shape index (κ2) is 7.98. The number of sulfonamides is 1. The third-order valence-corrected chi connectivity index (χ3v) is 4.78. The fourth-order valence-corrected chi connectivity index (χ4v) is 3.10. The summed E-state index contributed by atoms with van der Waals surface area (Å²) in [7, 11) is -3.72. The number of halogens is 2. The Bertz CT molecular complexity index is 841. The van der Waals surface area contributed by atoms with Gasteiger partial charge >= 0.3 is 0 Å². The van der Waals surface area contributed by atoms with Gasteiger partial charge in [0.05, 0.1) is 9.37 Å². The average Bonchev–Trinajstić information content (AvgIpc) is 2.51. The molecule has 9 heteroatoms.